The van der Waals surface area contributed by atoms with Gasteiger partial charge in [-0.15, -0.1) is 11.8 Å². The standard InChI is InChI=1S/C15H20N4S.C9H21N.C2H4O/c1-4-5-10(2)20-14(16)11-6-7-12-9-18-15(17-3)19-13(12)8-11;1-5-7-9(8-6-2)10(3)4;1-2-3/h6-10,16H,4-5H2,1-3H3,(H,17,18,19);9H,5-8H2,1-4H3;2H,1H3. The van der Waals surface area contributed by atoms with E-state index in [9.17, 15) is 0 Å². The molecule has 1 aromatic carbocycles. The van der Waals surface area contributed by atoms with Gasteiger partial charge in [0.25, 0.3) is 0 Å². The van der Waals surface area contributed by atoms with Crippen LogP contribution in [0.25, 0.3) is 10.9 Å². The first kappa shape index (κ1) is 31.0. The fraction of sp³-hybridized carbons (Fsp3) is 0.615. The number of hydrogen-bond donors (Lipinski definition) is 2. The summed E-state index contributed by atoms with van der Waals surface area (Å²) in [5.41, 5.74) is 1.79. The van der Waals surface area contributed by atoms with E-state index in [1.807, 2.05) is 18.2 Å². The number of anilines is 1. The summed E-state index contributed by atoms with van der Waals surface area (Å²) in [6.45, 7) is 10.3. The minimum absolute atomic E-state index is 0.474. The molecule has 6 nitrogen and oxygen atoms in total. The molecule has 7 heteroatoms. The van der Waals surface area contributed by atoms with Crippen molar-refractivity contribution in [2.24, 2.45) is 0 Å². The lowest BCUT2D eigenvalue weighted by atomic mass is 10.1. The van der Waals surface area contributed by atoms with Crippen LogP contribution in [0.1, 0.15) is 78.7 Å². The van der Waals surface area contributed by atoms with Crippen molar-refractivity contribution in [1.29, 1.82) is 5.41 Å². The topological polar surface area (TPSA) is 82.0 Å². The molecule has 0 fully saturated rings. The number of hydrogen-bond acceptors (Lipinski definition) is 7. The molecule has 0 amide bonds. The third-order valence-electron chi connectivity index (χ3n) is 5.06. The molecule has 1 unspecified atom stereocenters. The Morgan fingerprint density at radius 3 is 2.21 bits per heavy atom. The summed E-state index contributed by atoms with van der Waals surface area (Å²) in [5.74, 6) is 0.605. The molecule has 2 aromatic rings. The molecule has 0 saturated heterocycles. The molecular weight excluding hydrogens is 430 g/mol. The molecule has 1 aromatic heterocycles. The first-order valence-electron chi connectivity index (χ1n) is 12.0. The highest BCUT2D eigenvalue weighted by molar-refractivity contribution is 8.14. The van der Waals surface area contributed by atoms with Crippen molar-refractivity contribution in [1.82, 2.24) is 14.9 Å². The molecule has 33 heavy (non-hydrogen) atoms. The van der Waals surface area contributed by atoms with E-state index in [1.54, 1.807) is 25.0 Å². The Morgan fingerprint density at radius 2 is 1.73 bits per heavy atom. The fourth-order valence-corrected chi connectivity index (χ4v) is 4.37. The van der Waals surface area contributed by atoms with Gasteiger partial charge in [-0.3, -0.25) is 5.41 Å². The fourth-order valence-electron chi connectivity index (χ4n) is 3.35. The van der Waals surface area contributed by atoms with Crippen LogP contribution in [-0.2, 0) is 4.79 Å². The molecule has 0 aliphatic carbocycles. The minimum Gasteiger partial charge on any atom is -0.357 e. The lowest BCUT2D eigenvalue weighted by Gasteiger charge is -2.22. The molecule has 0 spiro atoms. The van der Waals surface area contributed by atoms with Gasteiger partial charge in [0.1, 0.15) is 6.29 Å². The first-order chi connectivity index (χ1) is 15.8. The van der Waals surface area contributed by atoms with E-state index in [0.717, 1.165) is 41.6 Å². The van der Waals surface area contributed by atoms with Gasteiger partial charge in [-0.1, -0.05) is 59.1 Å². The Bertz CT molecular complexity index is 806. The number of carbonyl (C=O) groups is 1. The normalized spacial score (nSPS) is 11.3. The van der Waals surface area contributed by atoms with E-state index in [1.165, 1.54) is 32.6 Å². The Hall–Kier alpha value is -1.99. The summed E-state index contributed by atoms with van der Waals surface area (Å²) >= 11 is 1.62. The van der Waals surface area contributed by atoms with Crippen LogP contribution in [0, 0.1) is 5.41 Å². The lowest BCUT2D eigenvalue weighted by Crippen LogP contribution is -2.27. The maximum absolute atomic E-state index is 8.81. The highest BCUT2D eigenvalue weighted by atomic mass is 32.2. The molecule has 1 atom stereocenters. The van der Waals surface area contributed by atoms with Crippen LogP contribution in [0.4, 0.5) is 5.95 Å². The average Bonchev–Trinajstić information content (AvgIpc) is 2.79. The number of benzene rings is 1. The average molecular weight is 476 g/mol. The van der Waals surface area contributed by atoms with Crippen LogP contribution in [0.2, 0.25) is 0 Å². The van der Waals surface area contributed by atoms with Gasteiger partial charge in [-0.25, -0.2) is 9.97 Å². The Balaban J connectivity index is 0.000000663. The predicted octanol–water partition coefficient (Wildman–Crippen LogP) is 6.64. The van der Waals surface area contributed by atoms with Crippen LogP contribution in [0.5, 0.6) is 0 Å². The number of thioether (sulfide) groups is 1. The summed E-state index contributed by atoms with van der Waals surface area (Å²) in [4.78, 5) is 19.8. The maximum Gasteiger partial charge on any atom is 0.222 e. The molecular formula is C26H45N5OS. The quantitative estimate of drug-likeness (QED) is 0.228. The van der Waals surface area contributed by atoms with Crippen molar-refractivity contribution < 1.29 is 4.79 Å². The highest BCUT2D eigenvalue weighted by Crippen LogP contribution is 2.23. The van der Waals surface area contributed by atoms with Crippen molar-refractivity contribution in [3.05, 3.63) is 30.0 Å². The van der Waals surface area contributed by atoms with Crippen molar-refractivity contribution in [3.63, 3.8) is 0 Å². The van der Waals surface area contributed by atoms with Crippen molar-refractivity contribution in [2.75, 3.05) is 26.5 Å². The van der Waals surface area contributed by atoms with E-state index in [2.05, 4.69) is 62.0 Å². The molecule has 2 N–H and O–H groups in total. The minimum atomic E-state index is 0.474. The van der Waals surface area contributed by atoms with Crippen LogP contribution < -0.4 is 5.32 Å². The summed E-state index contributed by atoms with van der Waals surface area (Å²) in [6.07, 6.45) is 10.1. The van der Waals surface area contributed by atoms with Gasteiger partial charge in [0, 0.05) is 35.5 Å². The molecule has 0 aliphatic rings. The van der Waals surface area contributed by atoms with E-state index in [0.29, 0.717) is 16.2 Å². The van der Waals surface area contributed by atoms with E-state index >= 15 is 0 Å². The van der Waals surface area contributed by atoms with Crippen molar-refractivity contribution in [3.8, 4) is 0 Å². The highest BCUT2D eigenvalue weighted by Gasteiger charge is 2.10. The molecule has 186 valence electrons. The zero-order chi connectivity index (χ0) is 25.2. The Labute approximate surface area is 205 Å². The maximum atomic E-state index is 8.81. The number of nitrogens with zero attached hydrogens (tertiary/aromatic N) is 3. The lowest BCUT2D eigenvalue weighted by molar-refractivity contribution is -0.106. The van der Waals surface area contributed by atoms with Gasteiger partial charge in [-0.05, 0) is 46.3 Å². The zero-order valence-electron chi connectivity index (χ0n) is 21.9. The molecule has 0 radical (unpaired) electrons. The predicted molar refractivity (Wildman–Crippen MR) is 147 cm³/mol. The number of carbonyl (C=O) groups excluding carboxylic acids is 1. The van der Waals surface area contributed by atoms with Gasteiger partial charge >= 0.3 is 0 Å². The molecule has 1 heterocycles. The molecule has 2 rings (SSSR count). The van der Waals surface area contributed by atoms with Gasteiger partial charge < -0.3 is 15.0 Å². The summed E-state index contributed by atoms with van der Waals surface area (Å²) in [7, 11) is 6.15. The van der Waals surface area contributed by atoms with Gasteiger partial charge in [-0.2, -0.15) is 0 Å². The van der Waals surface area contributed by atoms with E-state index in [-0.39, 0.29) is 0 Å². The number of aromatic nitrogens is 2. The molecule has 0 saturated carbocycles. The Morgan fingerprint density at radius 1 is 1.15 bits per heavy atom. The largest absolute Gasteiger partial charge is 0.357 e. The van der Waals surface area contributed by atoms with Crippen LogP contribution in [-0.4, -0.2) is 58.6 Å². The smallest absolute Gasteiger partial charge is 0.222 e. The van der Waals surface area contributed by atoms with Gasteiger partial charge in [0.15, 0.2) is 0 Å². The van der Waals surface area contributed by atoms with Crippen LogP contribution in [0.3, 0.4) is 0 Å². The second-order valence-corrected chi connectivity index (χ2v) is 9.64. The van der Waals surface area contributed by atoms with E-state index < -0.39 is 0 Å². The number of rotatable bonds is 10. The summed E-state index contributed by atoms with van der Waals surface area (Å²) in [6, 6.07) is 6.73. The Kier molecular flexibility index (Phi) is 17.3. The second-order valence-electron chi connectivity index (χ2n) is 8.19. The SMILES string of the molecule is CC=O.CCCC(C)SC(=N)c1ccc2cnc(NC)nc2c1.CCCC(CCC)N(C)C. The van der Waals surface area contributed by atoms with Crippen LogP contribution >= 0.6 is 11.8 Å². The van der Waals surface area contributed by atoms with Crippen LogP contribution in [0.15, 0.2) is 24.4 Å². The summed E-state index contributed by atoms with van der Waals surface area (Å²) < 4.78 is 0. The number of aldehydes is 1. The third kappa shape index (κ3) is 12.7. The molecule has 0 aliphatic heterocycles. The van der Waals surface area contributed by atoms with Gasteiger partial charge in [0.2, 0.25) is 5.95 Å². The van der Waals surface area contributed by atoms with E-state index in [4.69, 9.17) is 10.2 Å². The first-order valence-corrected chi connectivity index (χ1v) is 12.9. The third-order valence-corrected chi connectivity index (χ3v) is 6.17. The second kappa shape index (κ2) is 18.4. The number of fused-ring (bicyclic) bond motifs is 1. The number of nitrogens with one attached hydrogen (secondary N) is 2. The van der Waals surface area contributed by atoms with Gasteiger partial charge in [0.05, 0.1) is 10.6 Å². The summed E-state index contributed by atoms with van der Waals surface area (Å²) in [5, 5.41) is 13.2. The van der Waals surface area contributed by atoms with Crippen molar-refractivity contribution >= 4 is 39.9 Å². The van der Waals surface area contributed by atoms with Crippen molar-refractivity contribution in [2.45, 2.75) is 84.4 Å². The molecule has 0 bridgehead atoms. The monoisotopic (exact) mass is 475 g/mol. The zero-order valence-corrected chi connectivity index (χ0v) is 22.8.